The van der Waals surface area contributed by atoms with Crippen molar-refractivity contribution in [2.75, 3.05) is 18.0 Å². The van der Waals surface area contributed by atoms with E-state index in [0.717, 1.165) is 36.4 Å². The third-order valence-electron chi connectivity index (χ3n) is 4.86. The van der Waals surface area contributed by atoms with Gasteiger partial charge in [0.05, 0.1) is 12.1 Å². The summed E-state index contributed by atoms with van der Waals surface area (Å²) in [6, 6.07) is 9.05. The minimum absolute atomic E-state index is 0.0161. The number of benzene rings is 1. The lowest BCUT2D eigenvalue weighted by atomic mass is 9.97. The van der Waals surface area contributed by atoms with Crippen LogP contribution in [0.5, 0.6) is 0 Å². The Labute approximate surface area is 143 Å². The van der Waals surface area contributed by atoms with Crippen LogP contribution in [0.2, 0.25) is 0 Å². The topological polar surface area (TPSA) is 58.4 Å². The standard InChI is InChI=1S/C19H25N3O2/c1-13-8-9-16-6-4-5-7-18(16)22(13)11-10-20-19(23)12-17-14(2)21-24-15(17)3/h4-7,13H,8-12H2,1-3H3,(H,20,23). The van der Waals surface area contributed by atoms with E-state index in [1.54, 1.807) is 0 Å². The fourth-order valence-corrected chi connectivity index (χ4v) is 3.39. The second-order valence-electron chi connectivity index (χ2n) is 6.54. The van der Waals surface area contributed by atoms with Gasteiger partial charge < -0.3 is 14.7 Å². The minimum atomic E-state index is 0.0161. The lowest BCUT2D eigenvalue weighted by molar-refractivity contribution is -0.120. The van der Waals surface area contributed by atoms with Crippen LogP contribution in [0.3, 0.4) is 0 Å². The van der Waals surface area contributed by atoms with Crippen molar-refractivity contribution >= 4 is 11.6 Å². The highest BCUT2D eigenvalue weighted by Gasteiger charge is 2.22. The highest BCUT2D eigenvalue weighted by Crippen LogP contribution is 2.29. The molecule has 2 aromatic rings. The van der Waals surface area contributed by atoms with E-state index >= 15 is 0 Å². The molecule has 0 saturated carbocycles. The van der Waals surface area contributed by atoms with Gasteiger partial charge in [0.2, 0.25) is 5.91 Å². The first kappa shape index (κ1) is 16.6. The second kappa shape index (κ2) is 7.07. The van der Waals surface area contributed by atoms with Crippen LogP contribution >= 0.6 is 0 Å². The third kappa shape index (κ3) is 3.45. The summed E-state index contributed by atoms with van der Waals surface area (Å²) in [4.78, 5) is 14.6. The largest absolute Gasteiger partial charge is 0.367 e. The van der Waals surface area contributed by atoms with Gasteiger partial charge in [0.15, 0.2) is 0 Å². The summed E-state index contributed by atoms with van der Waals surface area (Å²) in [6.45, 7) is 7.43. The molecule has 1 atom stereocenters. The average Bonchev–Trinajstić information content (AvgIpc) is 2.89. The summed E-state index contributed by atoms with van der Waals surface area (Å²) >= 11 is 0. The molecule has 0 saturated heterocycles. The fraction of sp³-hybridized carbons (Fsp3) is 0.474. The Hall–Kier alpha value is -2.30. The molecule has 5 heteroatoms. The normalized spacial score (nSPS) is 16.8. The molecule has 0 radical (unpaired) electrons. The van der Waals surface area contributed by atoms with Crippen LogP contribution in [0.4, 0.5) is 5.69 Å². The number of amides is 1. The predicted molar refractivity (Wildman–Crippen MR) is 94.3 cm³/mol. The van der Waals surface area contributed by atoms with Gasteiger partial charge in [-0.2, -0.15) is 0 Å². The van der Waals surface area contributed by atoms with Crippen molar-refractivity contribution in [3.63, 3.8) is 0 Å². The van der Waals surface area contributed by atoms with Crippen LogP contribution in [0.15, 0.2) is 28.8 Å². The number of aryl methyl sites for hydroxylation is 3. The number of aromatic nitrogens is 1. The van der Waals surface area contributed by atoms with Crippen molar-refractivity contribution < 1.29 is 9.32 Å². The molecule has 0 fully saturated rings. The lowest BCUT2D eigenvalue weighted by Gasteiger charge is -2.37. The lowest BCUT2D eigenvalue weighted by Crippen LogP contribution is -2.42. The molecule has 0 aliphatic carbocycles. The van der Waals surface area contributed by atoms with Crippen molar-refractivity contribution in [1.82, 2.24) is 10.5 Å². The number of hydrogen-bond donors (Lipinski definition) is 1. The summed E-state index contributed by atoms with van der Waals surface area (Å²) in [7, 11) is 0. The predicted octanol–water partition coefficient (Wildman–Crippen LogP) is 2.79. The maximum Gasteiger partial charge on any atom is 0.224 e. The maximum absolute atomic E-state index is 12.2. The molecule has 1 amide bonds. The summed E-state index contributed by atoms with van der Waals surface area (Å²) in [5, 5.41) is 6.92. The number of rotatable bonds is 5. The molecule has 1 unspecified atom stereocenters. The summed E-state index contributed by atoms with van der Waals surface area (Å²) < 4.78 is 5.11. The first-order valence-corrected chi connectivity index (χ1v) is 8.59. The van der Waals surface area contributed by atoms with Gasteiger partial charge in [0.25, 0.3) is 0 Å². The molecule has 128 valence electrons. The summed E-state index contributed by atoms with van der Waals surface area (Å²) in [5.74, 6) is 0.739. The molecular formula is C19H25N3O2. The molecular weight excluding hydrogens is 302 g/mol. The first-order chi connectivity index (χ1) is 11.6. The fourth-order valence-electron chi connectivity index (χ4n) is 3.39. The van der Waals surface area contributed by atoms with Crippen LogP contribution < -0.4 is 10.2 Å². The molecule has 1 aliphatic heterocycles. The number of nitrogens with zero attached hydrogens (tertiary/aromatic N) is 2. The number of nitrogens with one attached hydrogen (secondary N) is 1. The zero-order valence-electron chi connectivity index (χ0n) is 14.6. The van der Waals surface area contributed by atoms with Crippen LogP contribution in [0.1, 0.15) is 35.9 Å². The van der Waals surface area contributed by atoms with E-state index in [9.17, 15) is 4.79 Å². The van der Waals surface area contributed by atoms with Gasteiger partial charge in [-0.3, -0.25) is 4.79 Å². The van der Waals surface area contributed by atoms with Crippen molar-refractivity contribution in [3.05, 3.63) is 46.8 Å². The van der Waals surface area contributed by atoms with Crippen molar-refractivity contribution in [1.29, 1.82) is 0 Å². The van der Waals surface area contributed by atoms with Crippen molar-refractivity contribution in [2.45, 2.75) is 46.1 Å². The van der Waals surface area contributed by atoms with E-state index in [2.05, 4.69) is 46.6 Å². The molecule has 1 aromatic carbocycles. The van der Waals surface area contributed by atoms with E-state index in [1.807, 2.05) is 13.8 Å². The SMILES string of the molecule is Cc1noc(C)c1CC(=O)NCCN1c2ccccc2CCC1C. The molecule has 24 heavy (non-hydrogen) atoms. The van der Waals surface area contributed by atoms with Gasteiger partial charge >= 0.3 is 0 Å². The number of anilines is 1. The van der Waals surface area contributed by atoms with Crippen molar-refractivity contribution in [2.24, 2.45) is 0 Å². The molecule has 1 aliphatic rings. The number of carbonyl (C=O) groups excluding carboxylic acids is 1. The van der Waals surface area contributed by atoms with Crippen LogP contribution in [-0.2, 0) is 17.6 Å². The molecule has 5 nitrogen and oxygen atoms in total. The van der Waals surface area contributed by atoms with Crippen LogP contribution in [0, 0.1) is 13.8 Å². The van der Waals surface area contributed by atoms with Gasteiger partial charge in [0, 0.05) is 30.4 Å². The quantitative estimate of drug-likeness (QED) is 0.917. The Balaban J connectivity index is 1.56. The van der Waals surface area contributed by atoms with Gasteiger partial charge in [-0.15, -0.1) is 0 Å². The van der Waals surface area contributed by atoms with Crippen molar-refractivity contribution in [3.8, 4) is 0 Å². The molecule has 0 bridgehead atoms. The van der Waals surface area contributed by atoms with Gasteiger partial charge in [-0.1, -0.05) is 23.4 Å². The second-order valence-corrected chi connectivity index (χ2v) is 6.54. The maximum atomic E-state index is 12.2. The Bertz CT molecular complexity index is 704. The first-order valence-electron chi connectivity index (χ1n) is 8.59. The van der Waals surface area contributed by atoms with E-state index in [0.29, 0.717) is 19.0 Å². The van der Waals surface area contributed by atoms with E-state index in [-0.39, 0.29) is 5.91 Å². The van der Waals surface area contributed by atoms with Crippen LogP contribution in [0.25, 0.3) is 0 Å². The van der Waals surface area contributed by atoms with E-state index < -0.39 is 0 Å². The number of hydrogen-bond acceptors (Lipinski definition) is 4. The summed E-state index contributed by atoms with van der Waals surface area (Å²) in [6.07, 6.45) is 2.61. The van der Waals surface area contributed by atoms with E-state index in [1.165, 1.54) is 11.3 Å². The molecule has 2 heterocycles. The highest BCUT2D eigenvalue weighted by atomic mass is 16.5. The highest BCUT2D eigenvalue weighted by molar-refractivity contribution is 5.79. The monoisotopic (exact) mass is 327 g/mol. The number of para-hydroxylation sites is 1. The number of carbonyl (C=O) groups is 1. The molecule has 1 N–H and O–H groups in total. The molecule has 0 spiro atoms. The Morgan fingerprint density at radius 1 is 1.38 bits per heavy atom. The zero-order valence-corrected chi connectivity index (χ0v) is 14.6. The third-order valence-corrected chi connectivity index (χ3v) is 4.86. The molecule has 3 rings (SSSR count). The minimum Gasteiger partial charge on any atom is -0.367 e. The van der Waals surface area contributed by atoms with Gasteiger partial charge in [-0.25, -0.2) is 0 Å². The Morgan fingerprint density at radius 2 is 2.17 bits per heavy atom. The molecule has 1 aromatic heterocycles. The zero-order chi connectivity index (χ0) is 17.1. The number of fused-ring (bicyclic) bond motifs is 1. The smallest absolute Gasteiger partial charge is 0.224 e. The van der Waals surface area contributed by atoms with Crippen LogP contribution in [-0.4, -0.2) is 30.2 Å². The summed E-state index contributed by atoms with van der Waals surface area (Å²) in [5.41, 5.74) is 4.39. The van der Waals surface area contributed by atoms with Gasteiger partial charge in [0.1, 0.15) is 5.76 Å². The average molecular weight is 327 g/mol. The Kier molecular flexibility index (Phi) is 4.88. The van der Waals surface area contributed by atoms with Gasteiger partial charge in [-0.05, 0) is 45.2 Å². The van der Waals surface area contributed by atoms with E-state index in [4.69, 9.17) is 4.52 Å². The Morgan fingerprint density at radius 3 is 2.92 bits per heavy atom.